The number of Topliss-reactive ketones (excluding diaryl/α,β-unsaturated/α-hetero) is 1. The van der Waals surface area contributed by atoms with Gasteiger partial charge in [-0.25, -0.2) is 0 Å². The summed E-state index contributed by atoms with van der Waals surface area (Å²) >= 11 is 18.9. The van der Waals surface area contributed by atoms with Crippen molar-refractivity contribution in [1.29, 1.82) is 5.26 Å². The fourth-order valence-electron chi connectivity index (χ4n) is 5.86. The lowest BCUT2D eigenvalue weighted by molar-refractivity contribution is -0.118. The van der Waals surface area contributed by atoms with E-state index in [0.717, 1.165) is 28.0 Å². The molecule has 3 aromatic carbocycles. The van der Waals surface area contributed by atoms with E-state index in [1.807, 2.05) is 32.0 Å². The Kier molecular flexibility index (Phi) is 7.87. The molecule has 1 heterocycles. The highest BCUT2D eigenvalue weighted by atomic mass is 35.5. The summed E-state index contributed by atoms with van der Waals surface area (Å²) in [5, 5.41) is 12.0. The van der Waals surface area contributed by atoms with Gasteiger partial charge in [0.05, 0.1) is 28.3 Å². The van der Waals surface area contributed by atoms with E-state index in [9.17, 15) is 10.1 Å². The Morgan fingerprint density at radius 3 is 2.37 bits per heavy atom. The van der Waals surface area contributed by atoms with Crippen LogP contribution in [0.5, 0.6) is 5.75 Å². The minimum Gasteiger partial charge on any atom is -0.489 e. The molecule has 3 aromatic rings. The Balaban J connectivity index is 1.68. The van der Waals surface area contributed by atoms with Crippen molar-refractivity contribution in [3.8, 4) is 11.8 Å². The second kappa shape index (κ2) is 11.1. The van der Waals surface area contributed by atoms with Crippen LogP contribution in [0.1, 0.15) is 54.9 Å². The van der Waals surface area contributed by atoms with E-state index in [1.165, 1.54) is 0 Å². The molecular formula is C33H30Cl3N3O2. The average molecular weight is 607 g/mol. The van der Waals surface area contributed by atoms with Crippen molar-refractivity contribution in [2.24, 2.45) is 11.1 Å². The number of carbonyl (C=O) groups excluding carboxylic acids is 1. The lowest BCUT2D eigenvalue weighted by atomic mass is 9.68. The maximum absolute atomic E-state index is 14.0. The Labute approximate surface area is 255 Å². The molecule has 0 fully saturated rings. The SMILES string of the molecule is Cc1cc(COc2ccc(Cl)cc2)c(C)c(C2C(C#N)=C(N)N(c3ccc(Cl)cc3Cl)C3=C2C(=O)CC(C)(C)C3)c1. The number of nitrogens with zero attached hydrogens (tertiary/aromatic N) is 2. The van der Waals surface area contributed by atoms with Crippen LogP contribution in [0.2, 0.25) is 15.1 Å². The first-order valence-electron chi connectivity index (χ1n) is 13.3. The predicted octanol–water partition coefficient (Wildman–Crippen LogP) is 8.78. The molecule has 0 saturated carbocycles. The molecule has 1 aliphatic heterocycles. The number of nitrogens with two attached hydrogens (primary N) is 1. The van der Waals surface area contributed by atoms with Gasteiger partial charge in [-0.3, -0.25) is 9.69 Å². The van der Waals surface area contributed by atoms with E-state index in [1.54, 1.807) is 35.2 Å². The van der Waals surface area contributed by atoms with E-state index >= 15 is 0 Å². The highest BCUT2D eigenvalue weighted by Gasteiger charge is 2.45. The minimum atomic E-state index is -0.616. The van der Waals surface area contributed by atoms with Gasteiger partial charge in [-0.2, -0.15) is 5.26 Å². The van der Waals surface area contributed by atoms with Gasteiger partial charge in [0.15, 0.2) is 5.78 Å². The molecule has 210 valence electrons. The lowest BCUT2D eigenvalue weighted by Gasteiger charge is -2.44. The number of nitriles is 1. The first-order valence-corrected chi connectivity index (χ1v) is 14.4. The Bertz CT molecular complexity index is 1670. The van der Waals surface area contributed by atoms with Crippen LogP contribution in [0.25, 0.3) is 0 Å². The van der Waals surface area contributed by atoms with Crippen LogP contribution in [0.4, 0.5) is 5.69 Å². The van der Waals surface area contributed by atoms with Crippen LogP contribution in [-0.2, 0) is 11.4 Å². The van der Waals surface area contributed by atoms with Gasteiger partial charge in [0.2, 0.25) is 0 Å². The molecular weight excluding hydrogens is 577 g/mol. The second-order valence-corrected chi connectivity index (χ2v) is 12.7. The van der Waals surface area contributed by atoms with Crippen molar-refractivity contribution in [2.45, 2.75) is 53.1 Å². The first-order chi connectivity index (χ1) is 19.4. The molecule has 0 bridgehead atoms. The number of rotatable bonds is 5. The Morgan fingerprint density at radius 1 is 1.02 bits per heavy atom. The van der Waals surface area contributed by atoms with Crippen molar-refractivity contribution >= 4 is 46.3 Å². The van der Waals surface area contributed by atoms with E-state index in [2.05, 4.69) is 26.0 Å². The molecule has 5 nitrogen and oxygen atoms in total. The summed E-state index contributed by atoms with van der Waals surface area (Å²) < 4.78 is 6.08. The third-order valence-corrected chi connectivity index (χ3v) is 8.54. The predicted molar refractivity (Wildman–Crippen MR) is 165 cm³/mol. The molecule has 8 heteroatoms. The van der Waals surface area contributed by atoms with Crippen LogP contribution < -0.4 is 15.4 Å². The molecule has 2 N–H and O–H groups in total. The summed E-state index contributed by atoms with van der Waals surface area (Å²) in [6, 6.07) is 18.8. The summed E-state index contributed by atoms with van der Waals surface area (Å²) in [6.07, 6.45) is 0.945. The Morgan fingerprint density at radius 2 is 1.71 bits per heavy atom. The number of ether oxygens (including phenoxy) is 1. The van der Waals surface area contributed by atoms with Gasteiger partial charge in [0, 0.05) is 27.7 Å². The number of aryl methyl sites for hydroxylation is 1. The third kappa shape index (κ3) is 5.57. The van der Waals surface area contributed by atoms with E-state index in [-0.39, 0.29) is 17.0 Å². The zero-order valence-corrected chi connectivity index (χ0v) is 25.6. The topological polar surface area (TPSA) is 79.3 Å². The van der Waals surface area contributed by atoms with Crippen LogP contribution in [-0.4, -0.2) is 5.78 Å². The molecule has 2 aliphatic rings. The van der Waals surface area contributed by atoms with E-state index in [0.29, 0.717) is 57.1 Å². The highest BCUT2D eigenvalue weighted by Crippen LogP contribution is 2.52. The number of ketones is 1. The fraction of sp³-hybridized carbons (Fsp3) is 0.273. The number of hydrogen-bond donors (Lipinski definition) is 1. The second-order valence-electron chi connectivity index (χ2n) is 11.5. The van der Waals surface area contributed by atoms with Crippen molar-refractivity contribution in [2.75, 3.05) is 4.90 Å². The number of hydrogen-bond acceptors (Lipinski definition) is 5. The third-order valence-electron chi connectivity index (χ3n) is 7.75. The molecule has 41 heavy (non-hydrogen) atoms. The molecule has 1 unspecified atom stereocenters. The first kappa shape index (κ1) is 29.1. The molecule has 5 rings (SSSR count). The summed E-state index contributed by atoms with van der Waals surface area (Å²) in [4.78, 5) is 15.8. The van der Waals surface area contributed by atoms with E-state index in [4.69, 9.17) is 45.3 Å². The van der Waals surface area contributed by atoms with Crippen LogP contribution in [0.3, 0.4) is 0 Å². The molecule has 1 atom stereocenters. The van der Waals surface area contributed by atoms with Crippen molar-refractivity contribution < 1.29 is 9.53 Å². The van der Waals surface area contributed by atoms with Crippen LogP contribution in [0, 0.1) is 30.6 Å². The minimum absolute atomic E-state index is 0.00328. The van der Waals surface area contributed by atoms with Gasteiger partial charge in [-0.15, -0.1) is 0 Å². The standard InChI is InChI=1S/C33H30Cl3N3O2/c1-18-11-20(17-41-23-8-5-21(34)6-9-23)19(2)24(12-18)30-25(16-37)32(38)39(27-10-7-22(35)13-26(27)36)28-14-33(3,4)15-29(40)31(28)30/h5-13,30H,14-15,17,38H2,1-4H3. The molecule has 0 aromatic heterocycles. The summed E-state index contributed by atoms with van der Waals surface area (Å²) in [6.45, 7) is 8.44. The summed E-state index contributed by atoms with van der Waals surface area (Å²) in [5.74, 6) is 0.332. The number of carbonyl (C=O) groups is 1. The largest absolute Gasteiger partial charge is 0.489 e. The number of benzene rings is 3. The summed E-state index contributed by atoms with van der Waals surface area (Å²) in [7, 11) is 0. The van der Waals surface area contributed by atoms with Gasteiger partial charge in [0.1, 0.15) is 18.2 Å². The molecule has 0 radical (unpaired) electrons. The smallest absolute Gasteiger partial charge is 0.162 e. The van der Waals surface area contributed by atoms with Gasteiger partial charge < -0.3 is 10.5 Å². The van der Waals surface area contributed by atoms with Crippen LogP contribution >= 0.6 is 34.8 Å². The lowest BCUT2D eigenvalue weighted by Crippen LogP contribution is -2.42. The van der Waals surface area contributed by atoms with Gasteiger partial charge in [-0.1, -0.05) is 66.3 Å². The maximum Gasteiger partial charge on any atom is 0.162 e. The number of allylic oxidation sites excluding steroid dienone is 3. The van der Waals surface area contributed by atoms with Crippen molar-refractivity contribution in [1.82, 2.24) is 0 Å². The molecule has 0 saturated heterocycles. The fourth-order valence-corrected chi connectivity index (χ4v) is 6.48. The average Bonchev–Trinajstić information content (AvgIpc) is 2.89. The molecule has 1 aliphatic carbocycles. The molecule has 0 spiro atoms. The zero-order valence-electron chi connectivity index (χ0n) is 23.3. The summed E-state index contributed by atoms with van der Waals surface area (Å²) in [5.41, 5.74) is 12.5. The maximum atomic E-state index is 14.0. The van der Waals surface area contributed by atoms with Gasteiger partial charge >= 0.3 is 0 Å². The zero-order chi connectivity index (χ0) is 29.6. The van der Waals surface area contributed by atoms with Crippen molar-refractivity contribution in [3.63, 3.8) is 0 Å². The monoisotopic (exact) mass is 605 g/mol. The number of anilines is 1. The molecule has 0 amide bonds. The van der Waals surface area contributed by atoms with Gasteiger partial charge in [-0.05, 0) is 84.8 Å². The normalized spacial score (nSPS) is 18.3. The Hall–Kier alpha value is -3.43. The number of halogens is 3. The van der Waals surface area contributed by atoms with Crippen LogP contribution in [0.15, 0.2) is 77.3 Å². The quantitative estimate of drug-likeness (QED) is 0.314. The highest BCUT2D eigenvalue weighted by molar-refractivity contribution is 6.36. The van der Waals surface area contributed by atoms with E-state index < -0.39 is 5.92 Å². The van der Waals surface area contributed by atoms with Crippen molar-refractivity contribution in [3.05, 3.63) is 115 Å². The van der Waals surface area contributed by atoms with Gasteiger partial charge in [0.25, 0.3) is 0 Å².